The summed E-state index contributed by atoms with van der Waals surface area (Å²) in [5.74, 6) is 1.18. The molecule has 0 spiro atoms. The molecule has 0 saturated carbocycles. The number of carbonyl (C=O) groups excluding carboxylic acids is 1. The standard InChI is InChI=1S/C23H25N5O2.ClH/c1-2-30-23(29)19-21(25-18-11-7-4-8-12-18)26-20(17-9-5-3-6-10-17)27-22(19)28-15-13-24-14-16-28;/h3-12,24H,2,13-16H2,1H3,(H,25,26,27);1H. The van der Waals surface area contributed by atoms with E-state index in [2.05, 4.69) is 15.5 Å². The molecule has 0 atom stereocenters. The van der Waals surface area contributed by atoms with Crippen LogP contribution in [-0.2, 0) is 4.74 Å². The number of para-hydroxylation sites is 1. The number of nitrogens with zero attached hydrogens (tertiary/aromatic N) is 3. The minimum Gasteiger partial charge on any atom is -0.462 e. The highest BCUT2D eigenvalue weighted by Crippen LogP contribution is 2.31. The maximum atomic E-state index is 13.0. The maximum absolute atomic E-state index is 13.0. The molecule has 31 heavy (non-hydrogen) atoms. The summed E-state index contributed by atoms with van der Waals surface area (Å²) in [4.78, 5) is 24.7. The molecule has 0 bridgehead atoms. The van der Waals surface area contributed by atoms with Gasteiger partial charge in [0.25, 0.3) is 0 Å². The van der Waals surface area contributed by atoms with Crippen LogP contribution in [0.2, 0.25) is 0 Å². The van der Waals surface area contributed by atoms with Gasteiger partial charge in [-0.25, -0.2) is 14.8 Å². The lowest BCUT2D eigenvalue weighted by molar-refractivity contribution is 0.0527. The fourth-order valence-electron chi connectivity index (χ4n) is 3.41. The van der Waals surface area contributed by atoms with Crippen LogP contribution in [0.25, 0.3) is 11.4 Å². The fourth-order valence-corrected chi connectivity index (χ4v) is 3.41. The zero-order valence-electron chi connectivity index (χ0n) is 17.4. The lowest BCUT2D eigenvalue weighted by Crippen LogP contribution is -2.44. The first-order valence-corrected chi connectivity index (χ1v) is 10.2. The molecule has 8 heteroatoms. The number of aromatic nitrogens is 2. The average Bonchev–Trinajstić information content (AvgIpc) is 2.80. The number of anilines is 3. The second-order valence-corrected chi connectivity index (χ2v) is 6.91. The van der Waals surface area contributed by atoms with Crippen LogP contribution in [0.1, 0.15) is 17.3 Å². The fraction of sp³-hybridized carbons (Fsp3) is 0.261. The molecule has 1 saturated heterocycles. The molecule has 0 unspecified atom stereocenters. The highest BCUT2D eigenvalue weighted by Gasteiger charge is 2.27. The summed E-state index contributed by atoms with van der Waals surface area (Å²) in [6.45, 7) is 5.24. The molecule has 2 N–H and O–H groups in total. The second-order valence-electron chi connectivity index (χ2n) is 6.91. The molecule has 2 aromatic carbocycles. The summed E-state index contributed by atoms with van der Waals surface area (Å²) in [6, 6.07) is 19.5. The van der Waals surface area contributed by atoms with Crippen molar-refractivity contribution in [1.29, 1.82) is 0 Å². The Kier molecular flexibility index (Phi) is 7.81. The normalized spacial score (nSPS) is 13.3. The highest BCUT2D eigenvalue weighted by atomic mass is 35.5. The number of benzene rings is 2. The van der Waals surface area contributed by atoms with Crippen LogP contribution in [-0.4, -0.2) is 48.7 Å². The van der Waals surface area contributed by atoms with Gasteiger partial charge in [-0.2, -0.15) is 0 Å². The number of piperazine rings is 1. The van der Waals surface area contributed by atoms with Gasteiger partial charge in [0.05, 0.1) is 6.61 Å². The zero-order chi connectivity index (χ0) is 20.8. The third-order valence-electron chi connectivity index (χ3n) is 4.85. The van der Waals surface area contributed by atoms with Gasteiger partial charge in [-0.1, -0.05) is 48.5 Å². The number of hydrogen-bond donors (Lipinski definition) is 2. The van der Waals surface area contributed by atoms with Crippen LogP contribution in [0.4, 0.5) is 17.3 Å². The number of carbonyl (C=O) groups is 1. The molecule has 7 nitrogen and oxygen atoms in total. The van der Waals surface area contributed by atoms with Crippen LogP contribution in [0.3, 0.4) is 0 Å². The molecule has 1 aromatic heterocycles. The Morgan fingerprint density at radius 1 is 1.03 bits per heavy atom. The van der Waals surface area contributed by atoms with Crippen molar-refractivity contribution in [3.8, 4) is 11.4 Å². The first-order valence-electron chi connectivity index (χ1n) is 10.2. The monoisotopic (exact) mass is 439 g/mol. The summed E-state index contributed by atoms with van der Waals surface area (Å²) in [5, 5.41) is 6.65. The average molecular weight is 440 g/mol. The third-order valence-corrected chi connectivity index (χ3v) is 4.85. The Balaban J connectivity index is 0.00000272. The van der Waals surface area contributed by atoms with Crippen molar-refractivity contribution in [2.75, 3.05) is 43.0 Å². The SMILES string of the molecule is CCOC(=O)c1c(Nc2ccccc2)nc(-c2ccccc2)nc1N1CCNCC1.Cl. The van der Waals surface area contributed by atoms with E-state index in [-0.39, 0.29) is 19.0 Å². The van der Waals surface area contributed by atoms with E-state index >= 15 is 0 Å². The largest absolute Gasteiger partial charge is 0.462 e. The van der Waals surface area contributed by atoms with Gasteiger partial charge >= 0.3 is 5.97 Å². The van der Waals surface area contributed by atoms with Gasteiger partial charge in [-0.05, 0) is 19.1 Å². The third kappa shape index (κ3) is 5.31. The Morgan fingerprint density at radius 2 is 1.68 bits per heavy atom. The molecule has 1 fully saturated rings. The molecule has 162 valence electrons. The number of nitrogens with one attached hydrogen (secondary N) is 2. The summed E-state index contributed by atoms with van der Waals surface area (Å²) in [6.07, 6.45) is 0. The number of halogens is 1. The molecular formula is C23H26ClN5O2. The maximum Gasteiger partial charge on any atom is 0.345 e. The summed E-state index contributed by atoms with van der Waals surface area (Å²) in [5.41, 5.74) is 2.09. The van der Waals surface area contributed by atoms with Gasteiger partial charge in [0.2, 0.25) is 0 Å². The Bertz CT molecular complexity index is 996. The molecule has 1 aliphatic heterocycles. The zero-order valence-corrected chi connectivity index (χ0v) is 18.2. The van der Waals surface area contributed by atoms with E-state index in [4.69, 9.17) is 14.7 Å². The molecule has 0 amide bonds. The van der Waals surface area contributed by atoms with E-state index in [1.165, 1.54) is 0 Å². The van der Waals surface area contributed by atoms with Crippen LogP contribution in [0.15, 0.2) is 60.7 Å². The van der Waals surface area contributed by atoms with E-state index in [1.54, 1.807) is 6.92 Å². The Labute approximate surface area is 188 Å². The van der Waals surface area contributed by atoms with Gasteiger partial charge in [-0.15, -0.1) is 12.4 Å². The lowest BCUT2D eigenvalue weighted by atomic mass is 10.1. The first kappa shape index (κ1) is 22.5. The molecule has 0 aliphatic carbocycles. The molecule has 1 aliphatic rings. The van der Waals surface area contributed by atoms with Crippen LogP contribution in [0, 0.1) is 0 Å². The van der Waals surface area contributed by atoms with Crippen molar-refractivity contribution in [3.63, 3.8) is 0 Å². The minimum absolute atomic E-state index is 0. The van der Waals surface area contributed by atoms with Crippen LogP contribution >= 0.6 is 12.4 Å². The summed E-state index contributed by atoms with van der Waals surface area (Å²) in [7, 11) is 0. The van der Waals surface area contributed by atoms with E-state index in [1.807, 2.05) is 60.7 Å². The predicted molar refractivity (Wildman–Crippen MR) is 125 cm³/mol. The lowest BCUT2D eigenvalue weighted by Gasteiger charge is -2.30. The van der Waals surface area contributed by atoms with Gasteiger partial charge in [-0.3, -0.25) is 0 Å². The van der Waals surface area contributed by atoms with Crippen molar-refractivity contribution in [2.24, 2.45) is 0 Å². The van der Waals surface area contributed by atoms with Crippen LogP contribution < -0.4 is 15.5 Å². The van der Waals surface area contributed by atoms with Crippen LogP contribution in [0.5, 0.6) is 0 Å². The van der Waals surface area contributed by atoms with Crippen molar-refractivity contribution in [1.82, 2.24) is 15.3 Å². The molecule has 3 aromatic rings. The second kappa shape index (κ2) is 10.7. The quantitative estimate of drug-likeness (QED) is 0.564. The van der Waals surface area contributed by atoms with Crippen molar-refractivity contribution in [3.05, 3.63) is 66.2 Å². The predicted octanol–water partition coefficient (Wildman–Crippen LogP) is 3.90. The summed E-state index contributed by atoms with van der Waals surface area (Å²) >= 11 is 0. The van der Waals surface area contributed by atoms with E-state index in [9.17, 15) is 4.79 Å². The Morgan fingerprint density at radius 3 is 2.32 bits per heavy atom. The number of hydrogen-bond acceptors (Lipinski definition) is 7. The molecule has 2 heterocycles. The molecule has 0 radical (unpaired) electrons. The number of rotatable bonds is 6. The van der Waals surface area contributed by atoms with Crippen molar-refractivity contribution in [2.45, 2.75) is 6.92 Å². The topological polar surface area (TPSA) is 79.4 Å². The van der Waals surface area contributed by atoms with E-state index in [0.29, 0.717) is 23.0 Å². The number of ether oxygens (including phenoxy) is 1. The smallest absolute Gasteiger partial charge is 0.345 e. The first-order chi connectivity index (χ1) is 14.8. The van der Waals surface area contributed by atoms with E-state index < -0.39 is 5.97 Å². The van der Waals surface area contributed by atoms with Gasteiger partial charge in [0, 0.05) is 37.4 Å². The number of esters is 1. The molecular weight excluding hydrogens is 414 g/mol. The van der Waals surface area contributed by atoms with Crippen molar-refractivity contribution >= 4 is 35.7 Å². The van der Waals surface area contributed by atoms with Gasteiger partial charge < -0.3 is 20.3 Å². The summed E-state index contributed by atoms with van der Waals surface area (Å²) < 4.78 is 5.38. The van der Waals surface area contributed by atoms with Gasteiger partial charge in [0.1, 0.15) is 11.4 Å². The highest BCUT2D eigenvalue weighted by molar-refractivity contribution is 6.01. The Hall–Kier alpha value is -3.16. The van der Waals surface area contributed by atoms with Crippen molar-refractivity contribution < 1.29 is 9.53 Å². The minimum atomic E-state index is -0.427. The van der Waals surface area contributed by atoms with E-state index in [0.717, 1.165) is 37.4 Å². The van der Waals surface area contributed by atoms with Gasteiger partial charge in [0.15, 0.2) is 11.6 Å². The molecule has 4 rings (SSSR count).